The van der Waals surface area contributed by atoms with Gasteiger partial charge in [-0.1, -0.05) is 29.3 Å². The number of amides is 1. The zero-order valence-electron chi connectivity index (χ0n) is 28.6. The van der Waals surface area contributed by atoms with E-state index < -0.39 is 5.97 Å². The molecule has 0 fully saturated rings. The molecule has 3 aromatic heterocycles. The van der Waals surface area contributed by atoms with Crippen LogP contribution in [0.15, 0.2) is 47.5 Å². The Kier molecular flexibility index (Phi) is 9.27. The number of carbonyl (C=O) groups is 2. The molecule has 6 rings (SSSR count). The predicted molar refractivity (Wildman–Crippen MR) is 198 cm³/mol. The van der Waals surface area contributed by atoms with Gasteiger partial charge in [0.15, 0.2) is 11.3 Å². The third kappa shape index (κ3) is 5.81. The molecule has 0 saturated carbocycles. The van der Waals surface area contributed by atoms with E-state index in [9.17, 15) is 14.7 Å². The first-order chi connectivity index (χ1) is 23.7. The highest BCUT2D eigenvalue weighted by Gasteiger charge is 2.38. The summed E-state index contributed by atoms with van der Waals surface area (Å²) in [5.41, 5.74) is 13.6. The number of benzene rings is 2. The number of carbonyl (C=O) groups excluding carboxylic acids is 1. The summed E-state index contributed by atoms with van der Waals surface area (Å²) in [7, 11) is 1.78. The molecule has 0 aliphatic carbocycles. The molecule has 1 aliphatic heterocycles. The topological polar surface area (TPSA) is 167 Å². The van der Waals surface area contributed by atoms with E-state index in [4.69, 9.17) is 39.5 Å². The van der Waals surface area contributed by atoms with E-state index in [0.717, 1.165) is 33.3 Å². The van der Waals surface area contributed by atoms with Crippen LogP contribution in [-0.4, -0.2) is 54.9 Å². The van der Waals surface area contributed by atoms with Gasteiger partial charge in [-0.05, 0) is 82.3 Å². The monoisotopic (exact) mass is 716 g/mol. The van der Waals surface area contributed by atoms with Crippen LogP contribution >= 0.6 is 23.2 Å². The SMILES string of the molecule is CC(=NN)C(=C(C)N)c1c(Cl)ccc2c(CCCOc3cc(C)c(Cl)c(C)c3)c3n(c12)[C@H](C)CN(c1cn(C)c2ncc(C(=O)O)nc12)C3=O. The molecule has 0 spiro atoms. The second kappa shape index (κ2) is 13.3. The molecule has 14 heteroatoms. The molecular formula is C36H38Cl2N8O4. The molecule has 1 atom stereocenters. The number of nitrogens with two attached hydrogens (primary N) is 2. The number of hydrogen-bond donors (Lipinski definition) is 3. The van der Waals surface area contributed by atoms with Crippen molar-refractivity contribution in [3.63, 3.8) is 0 Å². The largest absolute Gasteiger partial charge is 0.494 e. The number of fused-ring (bicyclic) bond motifs is 4. The summed E-state index contributed by atoms with van der Waals surface area (Å²) in [6.45, 7) is 10.1. The molecule has 260 valence electrons. The average molecular weight is 718 g/mol. The molecule has 0 saturated heterocycles. The summed E-state index contributed by atoms with van der Waals surface area (Å²) in [4.78, 5) is 37.0. The molecule has 0 bridgehead atoms. The van der Waals surface area contributed by atoms with Crippen LogP contribution in [0.2, 0.25) is 10.0 Å². The van der Waals surface area contributed by atoms with E-state index in [1.807, 2.05) is 43.5 Å². The van der Waals surface area contributed by atoms with E-state index in [1.165, 1.54) is 6.20 Å². The van der Waals surface area contributed by atoms with Gasteiger partial charge in [0.05, 0.1) is 34.7 Å². The number of carboxylic acid groups (broad SMARTS) is 1. The Balaban J connectivity index is 1.51. The van der Waals surface area contributed by atoms with E-state index in [2.05, 4.69) is 15.1 Å². The zero-order chi connectivity index (χ0) is 36.2. The van der Waals surface area contributed by atoms with Crippen molar-refractivity contribution in [2.24, 2.45) is 23.7 Å². The van der Waals surface area contributed by atoms with Gasteiger partial charge < -0.3 is 35.5 Å². The number of allylic oxidation sites excluding steroid dienone is 2. The van der Waals surface area contributed by atoms with Crippen LogP contribution in [-0.2, 0) is 13.5 Å². The lowest BCUT2D eigenvalue weighted by atomic mass is 9.96. The number of rotatable bonds is 9. The van der Waals surface area contributed by atoms with Crippen LogP contribution in [0.3, 0.4) is 0 Å². The van der Waals surface area contributed by atoms with Gasteiger partial charge in [0.2, 0.25) is 0 Å². The van der Waals surface area contributed by atoms with Gasteiger partial charge in [-0.3, -0.25) is 4.79 Å². The fraction of sp³-hybridized carbons (Fsp3) is 0.306. The number of halogens is 2. The van der Waals surface area contributed by atoms with Crippen LogP contribution in [0.1, 0.15) is 76.5 Å². The Bertz CT molecular complexity index is 2260. The van der Waals surface area contributed by atoms with Gasteiger partial charge in [-0.25, -0.2) is 14.8 Å². The molecule has 5 aromatic rings. The zero-order valence-corrected chi connectivity index (χ0v) is 30.1. The van der Waals surface area contributed by atoms with Crippen molar-refractivity contribution in [3.05, 3.63) is 86.0 Å². The summed E-state index contributed by atoms with van der Waals surface area (Å²) in [6.07, 6.45) is 4.06. The molecule has 1 amide bonds. The number of aryl methyl sites for hydroxylation is 4. The molecule has 2 aromatic carbocycles. The first-order valence-corrected chi connectivity index (χ1v) is 16.8. The van der Waals surface area contributed by atoms with Crippen LogP contribution in [0, 0.1) is 13.8 Å². The number of aromatic carboxylic acids is 1. The highest BCUT2D eigenvalue weighted by molar-refractivity contribution is 6.38. The maximum Gasteiger partial charge on any atom is 0.356 e. The maximum absolute atomic E-state index is 14.9. The molecule has 1 aliphatic rings. The van der Waals surface area contributed by atoms with Crippen molar-refractivity contribution in [1.29, 1.82) is 0 Å². The van der Waals surface area contributed by atoms with Crippen molar-refractivity contribution in [3.8, 4) is 5.75 Å². The lowest BCUT2D eigenvalue weighted by Gasteiger charge is -2.34. The molecule has 0 radical (unpaired) electrons. The van der Waals surface area contributed by atoms with Gasteiger partial charge in [-0.2, -0.15) is 5.10 Å². The minimum atomic E-state index is -1.21. The molecule has 5 N–H and O–H groups in total. The number of hydrogen-bond acceptors (Lipinski definition) is 8. The van der Waals surface area contributed by atoms with Crippen molar-refractivity contribution in [2.75, 3.05) is 18.1 Å². The van der Waals surface area contributed by atoms with Gasteiger partial charge in [0.1, 0.15) is 17.0 Å². The van der Waals surface area contributed by atoms with Crippen molar-refractivity contribution in [1.82, 2.24) is 19.1 Å². The van der Waals surface area contributed by atoms with Gasteiger partial charge >= 0.3 is 5.97 Å². The van der Waals surface area contributed by atoms with Crippen LogP contribution in [0.5, 0.6) is 5.75 Å². The highest BCUT2D eigenvalue weighted by atomic mass is 35.5. The quantitative estimate of drug-likeness (QED) is 0.0648. The van der Waals surface area contributed by atoms with E-state index in [0.29, 0.717) is 74.6 Å². The number of carboxylic acids is 1. The number of ether oxygens (including phenoxy) is 1. The average Bonchev–Trinajstić information content (AvgIpc) is 3.58. The van der Waals surface area contributed by atoms with Crippen molar-refractivity contribution >= 4 is 74.1 Å². The summed E-state index contributed by atoms with van der Waals surface area (Å²) in [5, 5.41) is 15.6. The first-order valence-electron chi connectivity index (χ1n) is 16.1. The smallest absolute Gasteiger partial charge is 0.356 e. The fourth-order valence-corrected chi connectivity index (χ4v) is 7.30. The minimum Gasteiger partial charge on any atom is -0.494 e. The number of aromatic nitrogens is 4. The normalized spacial score (nSPS) is 15.5. The number of anilines is 1. The first kappa shape index (κ1) is 34.8. The van der Waals surface area contributed by atoms with Crippen LogP contribution in [0.4, 0.5) is 5.69 Å². The van der Waals surface area contributed by atoms with E-state index in [-0.39, 0.29) is 24.2 Å². The van der Waals surface area contributed by atoms with Crippen molar-refractivity contribution in [2.45, 2.75) is 53.5 Å². The highest BCUT2D eigenvalue weighted by Crippen LogP contribution is 2.43. The van der Waals surface area contributed by atoms with Gasteiger partial charge in [0, 0.05) is 53.1 Å². The molecule has 50 heavy (non-hydrogen) atoms. The molecule has 4 heterocycles. The summed E-state index contributed by atoms with van der Waals surface area (Å²) in [6, 6.07) is 7.30. The third-order valence-corrected chi connectivity index (χ3v) is 10.1. The Labute approximate surface area is 298 Å². The second-order valence-corrected chi connectivity index (χ2v) is 13.5. The summed E-state index contributed by atoms with van der Waals surface area (Å²) < 4.78 is 9.92. The Morgan fingerprint density at radius 3 is 2.52 bits per heavy atom. The van der Waals surface area contributed by atoms with Crippen LogP contribution in [0.25, 0.3) is 27.6 Å². The summed E-state index contributed by atoms with van der Waals surface area (Å²) in [5.74, 6) is 5.01. The molecular weight excluding hydrogens is 679 g/mol. The predicted octanol–water partition coefficient (Wildman–Crippen LogP) is 6.80. The Hall–Kier alpha value is -5.07. The molecule has 12 nitrogen and oxygen atoms in total. The van der Waals surface area contributed by atoms with Gasteiger partial charge in [0.25, 0.3) is 5.91 Å². The fourth-order valence-electron chi connectivity index (χ4n) is 6.95. The summed E-state index contributed by atoms with van der Waals surface area (Å²) >= 11 is 13.3. The van der Waals surface area contributed by atoms with E-state index >= 15 is 0 Å². The Morgan fingerprint density at radius 1 is 1.18 bits per heavy atom. The second-order valence-electron chi connectivity index (χ2n) is 12.7. The third-order valence-electron chi connectivity index (χ3n) is 9.16. The van der Waals surface area contributed by atoms with Gasteiger partial charge in [-0.15, -0.1) is 0 Å². The Morgan fingerprint density at radius 2 is 1.88 bits per heavy atom. The molecule has 0 unspecified atom stereocenters. The minimum absolute atomic E-state index is 0.212. The maximum atomic E-state index is 14.9. The lowest BCUT2D eigenvalue weighted by molar-refractivity contribution is 0.0690. The number of hydrazone groups is 1. The van der Waals surface area contributed by atoms with E-state index in [1.54, 1.807) is 42.6 Å². The standard InChI is InChI=1S/C36H38Cl2N8O4/c1-17-12-22(13-18(2)30(17)38)50-11-7-8-23-24-9-10-25(37)29(28(20(4)39)21(5)43-40)32(24)46-19(3)15-45(35(47)33(23)46)27-16-44(6)34-31(27)42-26(14-41-34)36(48)49/h9-10,12-14,16,19H,7-8,11,15,39-40H2,1-6H3,(H,48,49)/t19-/m1/s1. The van der Waals surface area contributed by atoms with Crippen molar-refractivity contribution < 1.29 is 19.4 Å². The van der Waals surface area contributed by atoms with Crippen LogP contribution < -0.4 is 21.2 Å². The number of nitrogens with zero attached hydrogens (tertiary/aromatic N) is 6. The lowest BCUT2D eigenvalue weighted by Crippen LogP contribution is -2.42.